The monoisotopic (exact) mass is 446 g/mol. The van der Waals surface area contributed by atoms with Crippen LogP contribution in [0.2, 0.25) is 0 Å². The van der Waals surface area contributed by atoms with Crippen LogP contribution in [0.15, 0.2) is 65.2 Å². The molecule has 2 aromatic rings. The summed E-state index contributed by atoms with van der Waals surface area (Å²) in [6.45, 7) is 5.74. The molecule has 28 heavy (non-hydrogen) atoms. The van der Waals surface area contributed by atoms with E-state index in [2.05, 4.69) is 22.5 Å². The van der Waals surface area contributed by atoms with Gasteiger partial charge in [-0.3, -0.25) is 0 Å². The van der Waals surface area contributed by atoms with E-state index in [-0.39, 0.29) is 5.75 Å². The normalized spacial score (nSPS) is 15.0. The predicted molar refractivity (Wildman–Crippen MR) is 116 cm³/mol. The number of ether oxygens (including phenoxy) is 1. The number of hydrogen-bond donors (Lipinski definition) is 3. The maximum Gasteiger partial charge on any atom is 0.122 e. The van der Waals surface area contributed by atoms with Gasteiger partial charge in [0.1, 0.15) is 11.5 Å². The fraction of sp³-hybridized carbons (Fsp3) is 0.304. The van der Waals surface area contributed by atoms with E-state index in [0.29, 0.717) is 24.2 Å². The third-order valence-corrected chi connectivity index (χ3v) is 5.26. The number of allylic oxidation sites excluding steroid dienone is 1. The summed E-state index contributed by atoms with van der Waals surface area (Å²) in [6.07, 6.45) is 3.01. The smallest absolute Gasteiger partial charge is 0.122 e. The van der Waals surface area contributed by atoms with E-state index in [1.807, 2.05) is 19.1 Å². The minimum absolute atomic E-state index is 0.210. The average molecular weight is 447 g/mol. The lowest BCUT2D eigenvalue weighted by atomic mass is 9.88. The summed E-state index contributed by atoms with van der Waals surface area (Å²) < 4.78 is 6.02. The average Bonchev–Trinajstić information content (AvgIpc) is 2.69. The van der Waals surface area contributed by atoms with Gasteiger partial charge in [-0.2, -0.15) is 0 Å². The molecule has 0 unspecified atom stereocenters. The zero-order chi connectivity index (χ0) is 20.7. The summed E-state index contributed by atoms with van der Waals surface area (Å²) in [6, 6.07) is 12.4. The summed E-state index contributed by atoms with van der Waals surface area (Å²) in [4.78, 5) is 0. The van der Waals surface area contributed by atoms with Gasteiger partial charge in [0.05, 0.1) is 19.3 Å². The molecule has 5 heteroatoms. The Balaban J connectivity index is 2.02. The van der Waals surface area contributed by atoms with E-state index in [0.717, 1.165) is 15.6 Å². The topological polar surface area (TPSA) is 69.9 Å². The second kappa shape index (κ2) is 10.5. The van der Waals surface area contributed by atoms with Gasteiger partial charge in [-0.15, -0.1) is 6.58 Å². The minimum atomic E-state index is -0.850. The van der Waals surface area contributed by atoms with Crippen molar-refractivity contribution in [3.05, 3.63) is 76.3 Å². The zero-order valence-corrected chi connectivity index (χ0v) is 17.8. The van der Waals surface area contributed by atoms with Gasteiger partial charge < -0.3 is 20.1 Å². The van der Waals surface area contributed by atoms with E-state index < -0.39 is 18.1 Å². The van der Waals surface area contributed by atoms with Crippen LogP contribution in [0, 0.1) is 5.92 Å². The van der Waals surface area contributed by atoms with Gasteiger partial charge in [-0.25, -0.2) is 0 Å². The fourth-order valence-electron chi connectivity index (χ4n) is 3.07. The van der Waals surface area contributed by atoms with Crippen molar-refractivity contribution in [2.45, 2.75) is 32.0 Å². The van der Waals surface area contributed by atoms with Crippen molar-refractivity contribution < 1.29 is 20.1 Å². The number of aromatic hydroxyl groups is 1. The Morgan fingerprint density at radius 1 is 1.18 bits per heavy atom. The van der Waals surface area contributed by atoms with Gasteiger partial charge in [0.25, 0.3) is 0 Å². The molecule has 0 saturated carbocycles. The number of benzene rings is 2. The largest absolute Gasteiger partial charge is 0.507 e. The highest BCUT2D eigenvalue weighted by molar-refractivity contribution is 9.10. The number of halogens is 1. The van der Waals surface area contributed by atoms with Crippen molar-refractivity contribution in [1.82, 2.24) is 0 Å². The lowest BCUT2D eigenvalue weighted by Gasteiger charge is -2.25. The second-order valence-corrected chi connectivity index (χ2v) is 7.75. The molecule has 150 valence electrons. The molecule has 0 fully saturated rings. The third-order valence-electron chi connectivity index (χ3n) is 4.76. The molecule has 0 aliphatic heterocycles. The van der Waals surface area contributed by atoms with Crippen LogP contribution in [0.1, 0.15) is 37.0 Å². The molecule has 0 heterocycles. The molecule has 0 spiro atoms. The number of rotatable bonds is 9. The zero-order valence-electron chi connectivity index (χ0n) is 16.2. The summed E-state index contributed by atoms with van der Waals surface area (Å²) >= 11 is 3.40. The summed E-state index contributed by atoms with van der Waals surface area (Å²) in [5.74, 6) is 0.436. The van der Waals surface area contributed by atoms with E-state index in [4.69, 9.17) is 4.74 Å². The molecule has 3 atom stereocenters. The maximum atomic E-state index is 10.7. The van der Waals surface area contributed by atoms with Crippen LogP contribution in [0.4, 0.5) is 0 Å². The number of methoxy groups -OCH3 is 1. The Bertz CT molecular complexity index is 814. The number of phenolic OH excluding ortho intramolecular Hbond substituents is 1. The molecule has 2 aromatic carbocycles. The second-order valence-electron chi connectivity index (χ2n) is 6.83. The molecule has 0 aliphatic carbocycles. The van der Waals surface area contributed by atoms with Crippen LogP contribution in [-0.4, -0.2) is 28.5 Å². The Hall–Kier alpha value is -2.08. The van der Waals surface area contributed by atoms with E-state index in [9.17, 15) is 15.3 Å². The molecule has 2 rings (SSSR count). The molecule has 4 nitrogen and oxygen atoms in total. The van der Waals surface area contributed by atoms with Gasteiger partial charge in [0.15, 0.2) is 0 Å². The first-order valence-electron chi connectivity index (χ1n) is 9.14. The number of phenols is 1. The highest BCUT2D eigenvalue weighted by Gasteiger charge is 2.25. The highest BCUT2D eigenvalue weighted by atomic mass is 79.9. The number of hydrogen-bond acceptors (Lipinski definition) is 4. The first-order chi connectivity index (χ1) is 13.3. The Labute approximate surface area is 174 Å². The summed E-state index contributed by atoms with van der Waals surface area (Å²) in [5, 5.41) is 31.2. The minimum Gasteiger partial charge on any atom is -0.507 e. The van der Waals surface area contributed by atoms with Crippen molar-refractivity contribution in [2.24, 2.45) is 5.92 Å². The summed E-state index contributed by atoms with van der Waals surface area (Å²) in [7, 11) is 1.59. The van der Waals surface area contributed by atoms with Gasteiger partial charge in [0.2, 0.25) is 0 Å². The standard InChI is InChI=1S/C23H27BrO4/c1-4-20(23(27)16-6-9-19(28-3)10-7-16)22(26)11-5-15(2)13-17-14-18(24)8-12-21(17)25/h4,6-10,12-14,20,22-23,25-27H,1,5,11H2,2-3H3/b15-13+/t20-,22-,23-/m1/s1. The van der Waals surface area contributed by atoms with Crippen molar-refractivity contribution in [3.8, 4) is 11.5 Å². The maximum absolute atomic E-state index is 10.7. The van der Waals surface area contributed by atoms with Crippen LogP contribution in [0.25, 0.3) is 6.08 Å². The molecule has 0 saturated heterocycles. The number of aliphatic hydroxyl groups excluding tert-OH is 2. The first kappa shape index (κ1) is 22.2. The molecule has 0 aliphatic rings. The Kier molecular flexibility index (Phi) is 8.30. The molecule has 3 N–H and O–H groups in total. The van der Waals surface area contributed by atoms with Crippen molar-refractivity contribution >= 4 is 22.0 Å². The van der Waals surface area contributed by atoms with Crippen molar-refractivity contribution in [3.63, 3.8) is 0 Å². The van der Waals surface area contributed by atoms with Crippen molar-refractivity contribution in [2.75, 3.05) is 7.11 Å². The van der Waals surface area contributed by atoms with Crippen LogP contribution in [0.5, 0.6) is 11.5 Å². The first-order valence-corrected chi connectivity index (χ1v) is 9.93. The van der Waals surface area contributed by atoms with Gasteiger partial charge >= 0.3 is 0 Å². The lowest BCUT2D eigenvalue weighted by Crippen LogP contribution is -2.25. The van der Waals surface area contributed by atoms with E-state index in [1.165, 1.54) is 0 Å². The highest BCUT2D eigenvalue weighted by Crippen LogP contribution is 2.30. The molecular formula is C23H27BrO4. The van der Waals surface area contributed by atoms with Crippen molar-refractivity contribution in [1.29, 1.82) is 0 Å². The third kappa shape index (κ3) is 5.96. The fourth-order valence-corrected chi connectivity index (χ4v) is 3.45. The van der Waals surface area contributed by atoms with Gasteiger partial charge in [-0.05, 0) is 55.7 Å². The molecular weight excluding hydrogens is 420 g/mol. The molecule has 0 radical (unpaired) electrons. The quantitative estimate of drug-likeness (QED) is 0.460. The molecule has 0 aromatic heterocycles. The molecule has 0 amide bonds. The lowest BCUT2D eigenvalue weighted by molar-refractivity contribution is 0.0319. The van der Waals surface area contributed by atoms with Crippen LogP contribution < -0.4 is 4.74 Å². The van der Waals surface area contributed by atoms with Gasteiger partial charge in [0, 0.05) is 16.0 Å². The van der Waals surface area contributed by atoms with Crippen LogP contribution in [0.3, 0.4) is 0 Å². The number of aliphatic hydroxyl groups is 2. The molecule has 0 bridgehead atoms. The SMILES string of the molecule is C=C[C@H]([C@H](O)CC/C(C)=C/c1cc(Br)ccc1O)[C@H](O)c1ccc(OC)cc1. The predicted octanol–water partition coefficient (Wildman–Crippen LogP) is 5.24. The van der Waals surface area contributed by atoms with E-state index in [1.54, 1.807) is 49.6 Å². The van der Waals surface area contributed by atoms with Crippen LogP contribution >= 0.6 is 15.9 Å². The Morgan fingerprint density at radius 3 is 2.46 bits per heavy atom. The Morgan fingerprint density at radius 2 is 1.86 bits per heavy atom. The van der Waals surface area contributed by atoms with Crippen LogP contribution in [-0.2, 0) is 0 Å². The van der Waals surface area contributed by atoms with Gasteiger partial charge in [-0.1, -0.05) is 45.8 Å². The summed E-state index contributed by atoms with van der Waals surface area (Å²) in [5.41, 5.74) is 2.45. The van der Waals surface area contributed by atoms with E-state index >= 15 is 0 Å².